The molecule has 1 heterocycles. The van der Waals surface area contributed by atoms with E-state index in [0.29, 0.717) is 13.0 Å². The van der Waals surface area contributed by atoms with Gasteiger partial charge in [0.2, 0.25) is 5.91 Å². The number of fused-ring (bicyclic) bond motifs is 1. The molecule has 1 aromatic rings. The number of hydrogen-bond acceptors (Lipinski definition) is 2. The second kappa shape index (κ2) is 3.09. The Morgan fingerprint density at radius 3 is 3.00 bits per heavy atom. The predicted molar refractivity (Wildman–Crippen MR) is 52.9 cm³/mol. The van der Waals surface area contributed by atoms with E-state index in [4.69, 9.17) is 0 Å². The van der Waals surface area contributed by atoms with Crippen molar-refractivity contribution >= 4 is 17.3 Å². The lowest BCUT2D eigenvalue weighted by Gasteiger charge is -2.07. The largest absolute Gasteiger partial charge is 0.383 e. The van der Waals surface area contributed by atoms with Gasteiger partial charge in [-0.3, -0.25) is 4.79 Å². The summed E-state index contributed by atoms with van der Waals surface area (Å²) in [5, 5.41) is 6.06. The molecule has 0 aromatic heterocycles. The zero-order chi connectivity index (χ0) is 9.26. The molecule has 1 amide bonds. The molecule has 3 heteroatoms. The third-order valence-corrected chi connectivity index (χ3v) is 2.12. The normalized spacial score (nSPS) is 15.3. The average Bonchev–Trinajstić information content (AvgIpc) is 2.25. The van der Waals surface area contributed by atoms with Crippen LogP contribution in [0.25, 0.3) is 0 Å². The van der Waals surface area contributed by atoms with Crippen molar-refractivity contribution in [3.63, 3.8) is 0 Å². The van der Waals surface area contributed by atoms with E-state index < -0.39 is 0 Å². The Morgan fingerprint density at radius 2 is 2.15 bits per heavy atom. The van der Waals surface area contributed by atoms with Gasteiger partial charge in [-0.25, -0.2) is 0 Å². The van der Waals surface area contributed by atoms with Crippen molar-refractivity contribution in [2.45, 2.75) is 13.3 Å². The minimum absolute atomic E-state index is 0.0788. The van der Waals surface area contributed by atoms with E-state index in [1.165, 1.54) is 5.56 Å². The van der Waals surface area contributed by atoms with Gasteiger partial charge in [-0.1, -0.05) is 6.07 Å². The van der Waals surface area contributed by atoms with Crippen molar-refractivity contribution in [1.29, 1.82) is 0 Å². The van der Waals surface area contributed by atoms with Crippen LogP contribution in [0.4, 0.5) is 11.4 Å². The van der Waals surface area contributed by atoms with Crippen LogP contribution in [0.1, 0.15) is 12.0 Å². The Morgan fingerprint density at radius 1 is 1.31 bits per heavy atom. The van der Waals surface area contributed by atoms with Gasteiger partial charge in [0.15, 0.2) is 0 Å². The summed E-state index contributed by atoms with van der Waals surface area (Å²) in [6, 6.07) is 5.97. The molecule has 0 saturated carbocycles. The van der Waals surface area contributed by atoms with E-state index in [1.807, 2.05) is 25.1 Å². The van der Waals surface area contributed by atoms with Crippen molar-refractivity contribution in [1.82, 2.24) is 0 Å². The number of hydrogen-bond donors (Lipinski definition) is 2. The summed E-state index contributed by atoms with van der Waals surface area (Å²) in [4.78, 5) is 11.2. The van der Waals surface area contributed by atoms with Crippen molar-refractivity contribution in [2.24, 2.45) is 0 Å². The second-order valence-corrected chi connectivity index (χ2v) is 3.27. The van der Waals surface area contributed by atoms with Gasteiger partial charge in [0.05, 0.1) is 11.4 Å². The molecule has 0 aliphatic carbocycles. The molecule has 0 radical (unpaired) electrons. The van der Waals surface area contributed by atoms with E-state index in [0.717, 1.165) is 11.4 Å². The minimum Gasteiger partial charge on any atom is -0.383 e. The van der Waals surface area contributed by atoms with Crippen LogP contribution in [-0.4, -0.2) is 12.5 Å². The fraction of sp³-hybridized carbons (Fsp3) is 0.300. The highest BCUT2D eigenvalue weighted by atomic mass is 16.1. The number of aryl methyl sites for hydroxylation is 1. The highest BCUT2D eigenvalue weighted by molar-refractivity contribution is 5.95. The Kier molecular flexibility index (Phi) is 1.93. The van der Waals surface area contributed by atoms with E-state index in [9.17, 15) is 4.79 Å². The molecule has 2 N–H and O–H groups in total. The molecule has 0 unspecified atom stereocenters. The van der Waals surface area contributed by atoms with E-state index in [-0.39, 0.29) is 5.91 Å². The van der Waals surface area contributed by atoms with E-state index in [2.05, 4.69) is 10.6 Å². The summed E-state index contributed by atoms with van der Waals surface area (Å²) < 4.78 is 0. The van der Waals surface area contributed by atoms with Crippen LogP contribution in [0.2, 0.25) is 0 Å². The number of amides is 1. The lowest BCUT2D eigenvalue weighted by atomic mass is 10.2. The molecule has 1 aliphatic heterocycles. The molecule has 0 bridgehead atoms. The molecule has 0 saturated heterocycles. The molecule has 2 rings (SSSR count). The highest BCUT2D eigenvalue weighted by Gasteiger charge is 2.10. The molecule has 68 valence electrons. The van der Waals surface area contributed by atoms with Crippen LogP contribution in [0.3, 0.4) is 0 Å². The molecule has 0 atom stereocenters. The summed E-state index contributed by atoms with van der Waals surface area (Å²) in [7, 11) is 0. The van der Waals surface area contributed by atoms with Crippen LogP contribution in [0.15, 0.2) is 18.2 Å². The van der Waals surface area contributed by atoms with E-state index >= 15 is 0 Å². The molecule has 3 nitrogen and oxygen atoms in total. The standard InChI is InChI=1S/C10H12N2O/c1-7-2-3-8-9(6-7)11-5-4-10(13)12-8/h2-3,6,11H,4-5H2,1H3,(H,12,13). The highest BCUT2D eigenvalue weighted by Crippen LogP contribution is 2.24. The monoisotopic (exact) mass is 176 g/mol. The number of nitrogens with one attached hydrogen (secondary N) is 2. The first-order valence-corrected chi connectivity index (χ1v) is 4.40. The lowest BCUT2D eigenvalue weighted by molar-refractivity contribution is -0.115. The smallest absolute Gasteiger partial charge is 0.226 e. The fourth-order valence-electron chi connectivity index (χ4n) is 1.44. The molecule has 1 aliphatic rings. The lowest BCUT2D eigenvalue weighted by Crippen LogP contribution is -2.10. The van der Waals surface area contributed by atoms with E-state index in [1.54, 1.807) is 0 Å². The molecule has 0 fully saturated rings. The Balaban J connectivity index is 2.40. The number of rotatable bonds is 0. The quantitative estimate of drug-likeness (QED) is 0.632. The zero-order valence-corrected chi connectivity index (χ0v) is 7.55. The van der Waals surface area contributed by atoms with Gasteiger partial charge in [0.25, 0.3) is 0 Å². The van der Waals surface area contributed by atoms with Crippen LogP contribution in [0.5, 0.6) is 0 Å². The van der Waals surface area contributed by atoms with Gasteiger partial charge < -0.3 is 10.6 Å². The molecular formula is C10H12N2O. The van der Waals surface area contributed by atoms with Crippen molar-refractivity contribution < 1.29 is 4.79 Å². The first-order chi connectivity index (χ1) is 6.25. The molecule has 13 heavy (non-hydrogen) atoms. The number of carbonyl (C=O) groups is 1. The van der Waals surface area contributed by atoms with Gasteiger partial charge in [-0.05, 0) is 24.6 Å². The van der Waals surface area contributed by atoms with Crippen LogP contribution in [-0.2, 0) is 4.79 Å². The first kappa shape index (κ1) is 8.10. The van der Waals surface area contributed by atoms with Crippen LogP contribution in [0, 0.1) is 6.92 Å². The van der Waals surface area contributed by atoms with Crippen molar-refractivity contribution in [3.05, 3.63) is 23.8 Å². The van der Waals surface area contributed by atoms with Crippen molar-refractivity contribution in [2.75, 3.05) is 17.2 Å². The van der Waals surface area contributed by atoms with Gasteiger partial charge >= 0.3 is 0 Å². The van der Waals surface area contributed by atoms with Crippen LogP contribution < -0.4 is 10.6 Å². The van der Waals surface area contributed by atoms with Gasteiger partial charge in [0, 0.05) is 13.0 Å². The summed E-state index contributed by atoms with van der Waals surface area (Å²) in [5.41, 5.74) is 3.10. The third kappa shape index (κ3) is 1.64. The molecule has 1 aromatic carbocycles. The Hall–Kier alpha value is -1.51. The first-order valence-electron chi connectivity index (χ1n) is 4.40. The summed E-state index contributed by atoms with van der Waals surface area (Å²) in [6.45, 7) is 2.75. The van der Waals surface area contributed by atoms with Gasteiger partial charge in [-0.15, -0.1) is 0 Å². The summed E-state index contributed by atoms with van der Waals surface area (Å²) in [5.74, 6) is 0.0788. The maximum Gasteiger partial charge on any atom is 0.226 e. The van der Waals surface area contributed by atoms with Gasteiger partial charge in [-0.2, -0.15) is 0 Å². The predicted octanol–water partition coefficient (Wildman–Crippen LogP) is 1.75. The second-order valence-electron chi connectivity index (χ2n) is 3.27. The van der Waals surface area contributed by atoms with Gasteiger partial charge in [0.1, 0.15) is 0 Å². The third-order valence-electron chi connectivity index (χ3n) is 2.12. The fourth-order valence-corrected chi connectivity index (χ4v) is 1.44. The zero-order valence-electron chi connectivity index (χ0n) is 7.55. The molecular weight excluding hydrogens is 164 g/mol. The number of benzene rings is 1. The average molecular weight is 176 g/mol. The Bertz CT molecular complexity index is 347. The minimum atomic E-state index is 0.0788. The molecule has 0 spiro atoms. The SMILES string of the molecule is Cc1ccc2c(c1)NCCC(=O)N2. The summed E-state index contributed by atoms with van der Waals surface area (Å²) >= 11 is 0. The Labute approximate surface area is 77.1 Å². The van der Waals surface area contributed by atoms with Crippen LogP contribution >= 0.6 is 0 Å². The van der Waals surface area contributed by atoms with Crippen molar-refractivity contribution in [3.8, 4) is 0 Å². The maximum atomic E-state index is 11.2. The maximum absolute atomic E-state index is 11.2. The number of carbonyl (C=O) groups excluding carboxylic acids is 1. The number of anilines is 2. The topological polar surface area (TPSA) is 41.1 Å². The summed E-state index contributed by atoms with van der Waals surface area (Å²) in [6.07, 6.45) is 0.535.